The fourth-order valence-electron chi connectivity index (χ4n) is 5.58. The van der Waals surface area contributed by atoms with E-state index in [0.717, 1.165) is 46.7 Å². The maximum Gasteiger partial charge on any atom is 0.231 e. The quantitative estimate of drug-likeness (QED) is 0.488. The number of rotatable bonds is 5. The highest BCUT2D eigenvalue weighted by atomic mass is 16.7. The smallest absolute Gasteiger partial charge is 0.231 e. The Bertz CT molecular complexity index is 1340. The molecule has 3 aromatic rings. The van der Waals surface area contributed by atoms with E-state index in [4.69, 9.17) is 28.4 Å². The molecule has 0 N–H and O–H groups in total. The summed E-state index contributed by atoms with van der Waals surface area (Å²) < 4.78 is 35.8. The third-order valence-corrected chi connectivity index (χ3v) is 7.22. The van der Waals surface area contributed by atoms with Gasteiger partial charge in [-0.2, -0.15) is 0 Å². The molecule has 0 aliphatic carbocycles. The van der Waals surface area contributed by atoms with Gasteiger partial charge in [0.05, 0.1) is 32.9 Å². The molecule has 6 rings (SSSR count). The summed E-state index contributed by atoms with van der Waals surface area (Å²) in [5.41, 5.74) is 5.25. The molecule has 0 saturated heterocycles. The molecule has 0 fully saturated rings. The van der Waals surface area contributed by atoms with Crippen LogP contribution in [0.5, 0.6) is 28.7 Å². The summed E-state index contributed by atoms with van der Waals surface area (Å²) in [6.45, 7) is 1.07. The molecule has 3 aliphatic heterocycles. The first-order valence-electron chi connectivity index (χ1n) is 12.0. The molecule has 7 nitrogen and oxygen atoms in total. The molecule has 0 aromatic heterocycles. The maximum absolute atomic E-state index is 6.82. The van der Waals surface area contributed by atoms with Gasteiger partial charge in [-0.3, -0.25) is 4.90 Å². The number of likely N-dealkylation sites (N-methyl/N-ethyl adjacent to an activating group) is 1. The Morgan fingerprint density at radius 1 is 0.944 bits per heavy atom. The minimum Gasteiger partial charge on any atom is -0.493 e. The molecule has 36 heavy (non-hydrogen) atoms. The van der Waals surface area contributed by atoms with Crippen molar-refractivity contribution >= 4 is 11.8 Å². The van der Waals surface area contributed by atoms with Gasteiger partial charge in [-0.15, -0.1) is 0 Å². The summed E-state index contributed by atoms with van der Waals surface area (Å²) >= 11 is 0. The summed E-state index contributed by atoms with van der Waals surface area (Å²) in [6, 6.07) is 16.1. The summed E-state index contributed by atoms with van der Waals surface area (Å²) in [5.74, 6) is 4.17. The molecule has 3 aliphatic rings. The molecule has 7 heteroatoms. The van der Waals surface area contributed by atoms with E-state index in [1.54, 1.807) is 21.3 Å². The Morgan fingerprint density at radius 3 is 2.50 bits per heavy atom. The molecule has 186 valence electrons. The highest BCUT2D eigenvalue weighted by Crippen LogP contribution is 2.57. The zero-order chi connectivity index (χ0) is 24.8. The first-order valence-corrected chi connectivity index (χ1v) is 12.0. The van der Waals surface area contributed by atoms with Crippen LogP contribution in [0.25, 0.3) is 11.8 Å². The fraction of sp³-hybridized carbons (Fsp3) is 0.310. The van der Waals surface area contributed by atoms with Crippen LogP contribution >= 0.6 is 0 Å². The molecular formula is C29H29NO6. The van der Waals surface area contributed by atoms with Gasteiger partial charge in [-0.05, 0) is 42.8 Å². The SMILES string of the molecule is COc1ccc2c(c1OC)/C(=C\c1ccccc1)O[C@@H]2[C@H]1c2c(cc3c(c2OC)OCO3)CCN1C. The monoisotopic (exact) mass is 487 g/mol. The lowest BCUT2D eigenvalue weighted by Crippen LogP contribution is -2.36. The van der Waals surface area contributed by atoms with Crippen molar-refractivity contribution < 1.29 is 28.4 Å². The molecule has 0 bridgehead atoms. The molecular weight excluding hydrogens is 458 g/mol. The Balaban J connectivity index is 1.55. The van der Waals surface area contributed by atoms with Crippen molar-refractivity contribution in [3.8, 4) is 28.7 Å². The van der Waals surface area contributed by atoms with Crippen LogP contribution in [0.4, 0.5) is 0 Å². The van der Waals surface area contributed by atoms with Crippen LogP contribution in [-0.4, -0.2) is 46.6 Å². The molecule has 3 heterocycles. The van der Waals surface area contributed by atoms with E-state index >= 15 is 0 Å². The number of fused-ring (bicyclic) bond motifs is 3. The lowest BCUT2D eigenvalue weighted by atomic mass is 9.85. The number of hydrogen-bond donors (Lipinski definition) is 0. The van der Waals surface area contributed by atoms with Crippen molar-refractivity contribution in [2.24, 2.45) is 0 Å². The lowest BCUT2D eigenvalue weighted by Gasteiger charge is -2.38. The Hall–Kier alpha value is -3.84. The van der Waals surface area contributed by atoms with Crippen LogP contribution < -0.4 is 23.7 Å². The number of ether oxygens (including phenoxy) is 6. The van der Waals surface area contributed by atoms with Gasteiger partial charge in [0.25, 0.3) is 0 Å². The fourth-order valence-corrected chi connectivity index (χ4v) is 5.58. The van der Waals surface area contributed by atoms with Crippen molar-refractivity contribution in [2.75, 3.05) is 41.7 Å². The van der Waals surface area contributed by atoms with Crippen LogP contribution in [-0.2, 0) is 11.2 Å². The van der Waals surface area contributed by atoms with Crippen molar-refractivity contribution in [3.05, 3.63) is 76.3 Å². The minimum absolute atomic E-state index is 0.114. The van der Waals surface area contributed by atoms with E-state index in [2.05, 4.69) is 42.3 Å². The largest absolute Gasteiger partial charge is 0.493 e. The highest BCUT2D eigenvalue weighted by molar-refractivity contribution is 5.85. The number of benzene rings is 3. The van der Waals surface area contributed by atoms with Gasteiger partial charge in [0, 0.05) is 17.7 Å². The third-order valence-electron chi connectivity index (χ3n) is 7.22. The van der Waals surface area contributed by atoms with Gasteiger partial charge in [0.15, 0.2) is 23.0 Å². The summed E-state index contributed by atoms with van der Waals surface area (Å²) in [4.78, 5) is 2.32. The first-order chi connectivity index (χ1) is 17.6. The van der Waals surface area contributed by atoms with Gasteiger partial charge in [-0.25, -0.2) is 0 Å². The molecule has 0 radical (unpaired) electrons. The highest BCUT2D eigenvalue weighted by Gasteiger charge is 2.44. The maximum atomic E-state index is 6.82. The molecule has 0 amide bonds. The Morgan fingerprint density at radius 2 is 1.75 bits per heavy atom. The van der Waals surface area contributed by atoms with Crippen LogP contribution in [0, 0.1) is 0 Å². The van der Waals surface area contributed by atoms with Crippen LogP contribution in [0.2, 0.25) is 0 Å². The normalized spacial score (nSPS) is 21.1. The van der Waals surface area contributed by atoms with E-state index in [0.29, 0.717) is 23.0 Å². The number of hydrogen-bond acceptors (Lipinski definition) is 7. The summed E-state index contributed by atoms with van der Waals surface area (Å²) in [6.07, 6.45) is 2.64. The lowest BCUT2D eigenvalue weighted by molar-refractivity contribution is 0.0642. The van der Waals surface area contributed by atoms with E-state index in [1.807, 2.05) is 24.3 Å². The van der Waals surface area contributed by atoms with Crippen molar-refractivity contribution in [1.82, 2.24) is 4.90 Å². The number of nitrogens with zero attached hydrogens (tertiary/aromatic N) is 1. The second-order valence-electron chi connectivity index (χ2n) is 9.11. The van der Waals surface area contributed by atoms with Crippen LogP contribution in [0.1, 0.15) is 40.0 Å². The zero-order valence-corrected chi connectivity index (χ0v) is 20.9. The van der Waals surface area contributed by atoms with E-state index in [-0.39, 0.29) is 18.9 Å². The van der Waals surface area contributed by atoms with Crippen LogP contribution in [0.3, 0.4) is 0 Å². The average Bonchev–Trinajstić information content (AvgIpc) is 3.52. The van der Waals surface area contributed by atoms with Gasteiger partial charge >= 0.3 is 0 Å². The number of methoxy groups -OCH3 is 3. The first kappa shape index (κ1) is 22.6. The topological polar surface area (TPSA) is 58.6 Å². The van der Waals surface area contributed by atoms with Crippen molar-refractivity contribution in [2.45, 2.75) is 18.6 Å². The van der Waals surface area contributed by atoms with E-state index in [1.165, 1.54) is 5.56 Å². The predicted molar refractivity (Wildman–Crippen MR) is 136 cm³/mol. The van der Waals surface area contributed by atoms with Crippen LogP contribution in [0.15, 0.2) is 48.5 Å². The molecule has 3 aromatic carbocycles. The second kappa shape index (κ2) is 8.99. The van der Waals surface area contributed by atoms with Gasteiger partial charge in [0.1, 0.15) is 11.9 Å². The molecule has 0 unspecified atom stereocenters. The zero-order valence-electron chi connectivity index (χ0n) is 20.9. The van der Waals surface area contributed by atoms with E-state index in [9.17, 15) is 0 Å². The van der Waals surface area contributed by atoms with Crippen molar-refractivity contribution in [1.29, 1.82) is 0 Å². The molecule has 0 spiro atoms. The van der Waals surface area contributed by atoms with Gasteiger partial charge in [0.2, 0.25) is 12.5 Å². The minimum atomic E-state index is -0.298. The summed E-state index contributed by atoms with van der Waals surface area (Å²) in [7, 11) is 7.12. The standard InChI is InChI=1S/C29H29NO6/c1-30-13-12-18-15-22-28(35-16-34-22)29(33-4)23(18)25(30)26-19-10-11-20(31-2)27(32-3)24(19)21(36-26)14-17-8-6-5-7-9-17/h5-11,14-15,25-26H,12-13,16H2,1-4H3/b21-14+/t25-,26+/m1/s1. The molecule has 0 saturated carbocycles. The molecule has 2 atom stereocenters. The van der Waals surface area contributed by atoms with Gasteiger partial charge < -0.3 is 28.4 Å². The van der Waals surface area contributed by atoms with Gasteiger partial charge in [-0.1, -0.05) is 36.4 Å². The third kappa shape index (κ3) is 3.45. The summed E-state index contributed by atoms with van der Waals surface area (Å²) in [5, 5.41) is 0. The predicted octanol–water partition coefficient (Wildman–Crippen LogP) is 5.24. The second-order valence-corrected chi connectivity index (χ2v) is 9.11. The Kier molecular flexibility index (Phi) is 5.64. The Labute approximate surface area is 210 Å². The average molecular weight is 488 g/mol. The van der Waals surface area contributed by atoms with Crippen molar-refractivity contribution in [3.63, 3.8) is 0 Å². The van der Waals surface area contributed by atoms with E-state index < -0.39 is 0 Å².